The van der Waals surface area contributed by atoms with Gasteiger partial charge in [-0.2, -0.15) is 0 Å². The first-order chi connectivity index (χ1) is 13.4. The summed E-state index contributed by atoms with van der Waals surface area (Å²) in [5, 5.41) is 0.0258. The van der Waals surface area contributed by atoms with Crippen LogP contribution in [0.5, 0.6) is 5.75 Å². The van der Waals surface area contributed by atoms with Crippen LogP contribution in [-0.4, -0.2) is 18.3 Å². The van der Waals surface area contributed by atoms with Crippen molar-refractivity contribution in [3.8, 4) is 5.75 Å². The molecule has 0 radical (unpaired) electrons. The number of unbranched alkanes of at least 4 members (excludes halogenated alkanes) is 2. The molecule has 1 atom stereocenters. The van der Waals surface area contributed by atoms with Crippen molar-refractivity contribution in [2.24, 2.45) is 0 Å². The molecular formula is C24H31NO2S. The Bertz CT molecular complexity index is 778. The van der Waals surface area contributed by atoms with Gasteiger partial charge in [0.15, 0.2) is 0 Å². The first kappa shape index (κ1) is 20.8. The summed E-state index contributed by atoms with van der Waals surface area (Å²) in [6, 6.07) is 16.6. The second-order valence-corrected chi connectivity index (χ2v) is 9.42. The van der Waals surface area contributed by atoms with Gasteiger partial charge < -0.3 is 4.74 Å². The number of carbonyl (C=O) groups excluding carboxylic acids is 1. The summed E-state index contributed by atoms with van der Waals surface area (Å²) in [6.07, 6.45) is 3.45. The summed E-state index contributed by atoms with van der Waals surface area (Å²) in [4.78, 5) is 14.5. The second-order valence-electron chi connectivity index (χ2n) is 8.35. The van der Waals surface area contributed by atoms with Crippen LogP contribution in [0.3, 0.4) is 0 Å². The molecule has 2 aromatic rings. The second kappa shape index (κ2) is 9.04. The number of rotatable bonds is 7. The maximum Gasteiger partial charge on any atom is 0.238 e. The van der Waals surface area contributed by atoms with Crippen molar-refractivity contribution in [2.45, 2.75) is 57.7 Å². The molecule has 150 valence electrons. The number of hydrogen-bond acceptors (Lipinski definition) is 3. The molecule has 0 aromatic heterocycles. The van der Waals surface area contributed by atoms with Crippen molar-refractivity contribution in [3.05, 3.63) is 59.7 Å². The van der Waals surface area contributed by atoms with E-state index in [1.807, 2.05) is 29.2 Å². The van der Waals surface area contributed by atoms with Crippen LogP contribution >= 0.6 is 11.8 Å². The van der Waals surface area contributed by atoms with E-state index in [4.69, 9.17) is 4.74 Å². The van der Waals surface area contributed by atoms with E-state index < -0.39 is 0 Å². The third-order valence-corrected chi connectivity index (χ3v) is 6.27. The largest absolute Gasteiger partial charge is 0.494 e. The fourth-order valence-electron chi connectivity index (χ4n) is 3.34. The minimum absolute atomic E-state index is 0.0258. The lowest BCUT2D eigenvalue weighted by atomic mass is 9.86. The number of benzene rings is 2. The van der Waals surface area contributed by atoms with Crippen molar-refractivity contribution >= 4 is 23.4 Å². The van der Waals surface area contributed by atoms with Gasteiger partial charge in [0.05, 0.1) is 12.4 Å². The topological polar surface area (TPSA) is 29.5 Å². The lowest BCUT2D eigenvalue weighted by Gasteiger charge is -2.26. The van der Waals surface area contributed by atoms with E-state index in [9.17, 15) is 4.79 Å². The van der Waals surface area contributed by atoms with Gasteiger partial charge in [-0.25, -0.2) is 0 Å². The molecular weight excluding hydrogens is 366 g/mol. The van der Waals surface area contributed by atoms with Crippen molar-refractivity contribution < 1.29 is 9.53 Å². The lowest BCUT2D eigenvalue weighted by molar-refractivity contribution is -0.115. The Kier molecular flexibility index (Phi) is 6.71. The molecule has 28 heavy (non-hydrogen) atoms. The molecule has 0 spiro atoms. The van der Waals surface area contributed by atoms with Gasteiger partial charge in [-0.1, -0.05) is 64.8 Å². The maximum absolute atomic E-state index is 12.6. The van der Waals surface area contributed by atoms with E-state index >= 15 is 0 Å². The third-order valence-electron chi connectivity index (χ3n) is 5.06. The smallest absolute Gasteiger partial charge is 0.238 e. The van der Waals surface area contributed by atoms with Crippen LogP contribution in [-0.2, 0) is 10.2 Å². The first-order valence-corrected chi connectivity index (χ1v) is 11.2. The minimum atomic E-state index is 0.0258. The summed E-state index contributed by atoms with van der Waals surface area (Å²) in [7, 11) is 0. The normalized spacial score (nSPS) is 17.2. The quantitative estimate of drug-likeness (QED) is 0.511. The predicted octanol–water partition coefficient (Wildman–Crippen LogP) is 6.33. The zero-order chi connectivity index (χ0) is 20.1. The Hall–Kier alpha value is -1.94. The van der Waals surface area contributed by atoms with Crippen LogP contribution in [0.1, 0.15) is 63.5 Å². The summed E-state index contributed by atoms with van der Waals surface area (Å²) < 4.78 is 5.80. The predicted molar refractivity (Wildman–Crippen MR) is 119 cm³/mol. The van der Waals surface area contributed by atoms with Crippen LogP contribution in [0.15, 0.2) is 48.5 Å². The van der Waals surface area contributed by atoms with Crippen molar-refractivity contribution in [1.29, 1.82) is 0 Å². The van der Waals surface area contributed by atoms with E-state index in [0.717, 1.165) is 24.5 Å². The molecule has 1 aliphatic heterocycles. The molecule has 1 aliphatic rings. The standard InChI is InChI=1S/C24H31NO2S/c1-5-6-7-16-27-21-14-12-20(13-15-21)25-22(26)17-28-23(25)18-8-10-19(11-9-18)24(2,3)4/h8-15,23H,5-7,16-17H2,1-4H3/t23-/m0/s1. The molecule has 0 N–H and O–H groups in total. The summed E-state index contributed by atoms with van der Waals surface area (Å²) in [5.41, 5.74) is 3.54. The molecule has 0 aliphatic carbocycles. The van der Waals surface area contributed by atoms with Gasteiger partial charge in [0.2, 0.25) is 5.91 Å². The SMILES string of the molecule is CCCCCOc1ccc(N2C(=O)CS[C@H]2c2ccc(C(C)(C)C)cc2)cc1. The van der Waals surface area contributed by atoms with Crippen molar-refractivity contribution in [2.75, 3.05) is 17.3 Å². The average Bonchev–Trinajstić information content (AvgIpc) is 3.07. The van der Waals surface area contributed by atoms with Crippen molar-refractivity contribution in [3.63, 3.8) is 0 Å². The van der Waals surface area contributed by atoms with E-state index in [0.29, 0.717) is 5.75 Å². The Morgan fingerprint density at radius 3 is 2.32 bits per heavy atom. The van der Waals surface area contributed by atoms with Crippen LogP contribution in [0.2, 0.25) is 0 Å². The van der Waals surface area contributed by atoms with Gasteiger partial charge in [-0.3, -0.25) is 9.69 Å². The fraction of sp³-hybridized carbons (Fsp3) is 0.458. The van der Waals surface area contributed by atoms with Crippen LogP contribution < -0.4 is 9.64 Å². The zero-order valence-corrected chi connectivity index (χ0v) is 18.2. The number of hydrogen-bond donors (Lipinski definition) is 0. The maximum atomic E-state index is 12.6. The highest BCUT2D eigenvalue weighted by Gasteiger charge is 2.34. The number of thioether (sulfide) groups is 1. The first-order valence-electron chi connectivity index (χ1n) is 10.2. The number of amides is 1. The molecule has 4 heteroatoms. The van der Waals surface area contributed by atoms with Gasteiger partial charge in [0.1, 0.15) is 11.1 Å². The van der Waals surface area contributed by atoms with E-state index in [1.54, 1.807) is 11.8 Å². The van der Waals surface area contributed by atoms with E-state index in [-0.39, 0.29) is 16.7 Å². The molecule has 0 saturated carbocycles. The Morgan fingerprint density at radius 1 is 1.04 bits per heavy atom. The Morgan fingerprint density at radius 2 is 1.71 bits per heavy atom. The van der Waals surface area contributed by atoms with E-state index in [1.165, 1.54) is 24.0 Å². The van der Waals surface area contributed by atoms with Gasteiger partial charge in [-0.15, -0.1) is 11.8 Å². The van der Waals surface area contributed by atoms with Gasteiger partial charge in [0, 0.05) is 5.69 Å². The van der Waals surface area contributed by atoms with Gasteiger partial charge >= 0.3 is 0 Å². The highest BCUT2D eigenvalue weighted by Crippen LogP contribution is 2.42. The molecule has 2 aromatic carbocycles. The lowest BCUT2D eigenvalue weighted by Crippen LogP contribution is -2.27. The molecule has 0 bridgehead atoms. The number of ether oxygens (including phenoxy) is 1. The fourth-order valence-corrected chi connectivity index (χ4v) is 4.52. The Balaban J connectivity index is 1.73. The molecule has 3 nitrogen and oxygen atoms in total. The van der Waals surface area contributed by atoms with Crippen LogP contribution in [0.25, 0.3) is 0 Å². The number of anilines is 1. The minimum Gasteiger partial charge on any atom is -0.494 e. The van der Waals surface area contributed by atoms with Crippen molar-refractivity contribution in [1.82, 2.24) is 0 Å². The molecule has 3 rings (SSSR count). The molecule has 1 fully saturated rings. The van der Waals surface area contributed by atoms with Gasteiger partial charge in [-0.05, 0) is 47.2 Å². The molecule has 1 heterocycles. The molecule has 1 saturated heterocycles. The highest BCUT2D eigenvalue weighted by atomic mass is 32.2. The molecule has 1 amide bonds. The number of nitrogens with zero attached hydrogens (tertiary/aromatic N) is 1. The van der Waals surface area contributed by atoms with E-state index in [2.05, 4.69) is 52.0 Å². The summed E-state index contributed by atoms with van der Waals surface area (Å²) >= 11 is 1.69. The average molecular weight is 398 g/mol. The summed E-state index contributed by atoms with van der Waals surface area (Å²) in [6.45, 7) is 9.58. The van der Waals surface area contributed by atoms with Gasteiger partial charge in [0.25, 0.3) is 0 Å². The highest BCUT2D eigenvalue weighted by molar-refractivity contribution is 8.00. The number of carbonyl (C=O) groups is 1. The molecule has 0 unspecified atom stereocenters. The monoisotopic (exact) mass is 397 g/mol. The zero-order valence-electron chi connectivity index (χ0n) is 17.4. The van der Waals surface area contributed by atoms with Crippen LogP contribution in [0.4, 0.5) is 5.69 Å². The third kappa shape index (κ3) is 4.91. The van der Waals surface area contributed by atoms with Crippen LogP contribution in [0, 0.1) is 0 Å². The summed E-state index contributed by atoms with van der Waals surface area (Å²) in [5.74, 6) is 1.54. The Labute approximate surface area is 173 Å².